The Balaban J connectivity index is 2.60. The van der Waals surface area contributed by atoms with Gasteiger partial charge in [0.15, 0.2) is 0 Å². The molecular formula is C18H18O. The molecule has 0 aliphatic heterocycles. The number of phenolic OH excluding ortho intramolecular Hbond substituents is 1. The van der Waals surface area contributed by atoms with E-state index in [1.807, 2.05) is 13.0 Å². The molecule has 0 fully saturated rings. The fraction of sp³-hybridized carbons (Fsp3) is 0.222. The number of fused-ring (bicyclic) bond motifs is 3. The van der Waals surface area contributed by atoms with E-state index in [1.165, 1.54) is 32.8 Å². The molecule has 0 amide bonds. The summed E-state index contributed by atoms with van der Waals surface area (Å²) >= 11 is 0. The molecule has 0 heterocycles. The van der Waals surface area contributed by atoms with Crippen molar-refractivity contribution in [3.05, 3.63) is 52.6 Å². The van der Waals surface area contributed by atoms with Gasteiger partial charge in [0.25, 0.3) is 0 Å². The second-order valence-corrected chi connectivity index (χ2v) is 5.41. The van der Waals surface area contributed by atoms with E-state index in [4.69, 9.17) is 0 Å². The standard InChI is InChI=1S/C18H18O/c1-10-9-14-5-6-15-13(4)17(19)8-7-16(15)18(14)12(3)11(10)2/h5-9,19H,1-4H3. The number of aromatic hydroxyl groups is 1. The fourth-order valence-electron chi connectivity index (χ4n) is 2.93. The highest BCUT2D eigenvalue weighted by atomic mass is 16.3. The van der Waals surface area contributed by atoms with Crippen LogP contribution >= 0.6 is 0 Å². The highest BCUT2D eigenvalue weighted by Gasteiger charge is 2.10. The van der Waals surface area contributed by atoms with E-state index < -0.39 is 0 Å². The Hall–Kier alpha value is -2.02. The van der Waals surface area contributed by atoms with Crippen LogP contribution in [0.1, 0.15) is 22.3 Å². The van der Waals surface area contributed by atoms with Crippen LogP contribution in [0.15, 0.2) is 30.3 Å². The number of hydrogen-bond donors (Lipinski definition) is 1. The van der Waals surface area contributed by atoms with E-state index in [0.29, 0.717) is 5.75 Å². The van der Waals surface area contributed by atoms with E-state index >= 15 is 0 Å². The number of aryl methyl sites for hydroxylation is 3. The molecule has 0 radical (unpaired) electrons. The Morgan fingerprint density at radius 3 is 2.16 bits per heavy atom. The van der Waals surface area contributed by atoms with Crippen LogP contribution < -0.4 is 0 Å². The molecular weight excluding hydrogens is 232 g/mol. The third-order valence-corrected chi connectivity index (χ3v) is 4.37. The molecule has 0 aliphatic rings. The molecule has 0 atom stereocenters. The first-order chi connectivity index (χ1) is 9.00. The van der Waals surface area contributed by atoms with Gasteiger partial charge in [-0.15, -0.1) is 0 Å². The second-order valence-electron chi connectivity index (χ2n) is 5.41. The summed E-state index contributed by atoms with van der Waals surface area (Å²) in [5.41, 5.74) is 4.98. The van der Waals surface area contributed by atoms with Crippen molar-refractivity contribution in [2.75, 3.05) is 0 Å². The highest BCUT2D eigenvalue weighted by molar-refractivity contribution is 6.11. The molecule has 0 bridgehead atoms. The molecule has 0 spiro atoms. The predicted octanol–water partition coefficient (Wildman–Crippen LogP) is 4.93. The highest BCUT2D eigenvalue weighted by Crippen LogP contribution is 2.35. The lowest BCUT2D eigenvalue weighted by molar-refractivity contribution is 0.472. The van der Waals surface area contributed by atoms with Gasteiger partial charge in [-0.1, -0.05) is 24.3 Å². The lowest BCUT2D eigenvalue weighted by Crippen LogP contribution is -1.91. The normalized spacial score (nSPS) is 11.4. The van der Waals surface area contributed by atoms with Crippen molar-refractivity contribution in [1.29, 1.82) is 0 Å². The minimum atomic E-state index is 0.369. The van der Waals surface area contributed by atoms with Crippen LogP contribution in [0, 0.1) is 27.7 Å². The van der Waals surface area contributed by atoms with E-state index in [2.05, 4.69) is 39.0 Å². The van der Waals surface area contributed by atoms with Crippen LogP contribution in [0.5, 0.6) is 5.75 Å². The van der Waals surface area contributed by atoms with Crippen LogP contribution in [0.25, 0.3) is 21.5 Å². The number of rotatable bonds is 0. The third kappa shape index (κ3) is 1.61. The molecule has 0 saturated heterocycles. The van der Waals surface area contributed by atoms with E-state index in [0.717, 1.165) is 10.9 Å². The lowest BCUT2D eigenvalue weighted by Gasteiger charge is -2.14. The Morgan fingerprint density at radius 1 is 0.737 bits per heavy atom. The zero-order chi connectivity index (χ0) is 13.7. The average molecular weight is 250 g/mol. The zero-order valence-electron chi connectivity index (χ0n) is 11.8. The van der Waals surface area contributed by atoms with Gasteiger partial charge in [0, 0.05) is 0 Å². The van der Waals surface area contributed by atoms with Crippen LogP contribution in [-0.4, -0.2) is 5.11 Å². The first kappa shape index (κ1) is 12.0. The van der Waals surface area contributed by atoms with Gasteiger partial charge in [0.2, 0.25) is 0 Å². The number of benzene rings is 3. The average Bonchev–Trinajstić information content (AvgIpc) is 2.39. The van der Waals surface area contributed by atoms with Crippen LogP contribution in [0.4, 0.5) is 0 Å². The molecule has 1 heteroatoms. The van der Waals surface area contributed by atoms with Gasteiger partial charge in [-0.2, -0.15) is 0 Å². The summed E-state index contributed by atoms with van der Waals surface area (Å²) in [4.78, 5) is 0. The summed E-state index contributed by atoms with van der Waals surface area (Å²) in [5, 5.41) is 14.8. The molecule has 0 unspecified atom stereocenters. The van der Waals surface area contributed by atoms with Crippen molar-refractivity contribution >= 4 is 21.5 Å². The van der Waals surface area contributed by atoms with Gasteiger partial charge in [-0.3, -0.25) is 0 Å². The van der Waals surface area contributed by atoms with Crippen molar-refractivity contribution in [2.45, 2.75) is 27.7 Å². The van der Waals surface area contributed by atoms with Gasteiger partial charge in [-0.05, 0) is 77.6 Å². The quantitative estimate of drug-likeness (QED) is 0.561. The predicted molar refractivity (Wildman–Crippen MR) is 82.1 cm³/mol. The fourth-order valence-corrected chi connectivity index (χ4v) is 2.93. The lowest BCUT2D eigenvalue weighted by atomic mass is 9.91. The Bertz CT molecular complexity index is 813. The topological polar surface area (TPSA) is 20.2 Å². The van der Waals surface area contributed by atoms with Gasteiger partial charge in [0.1, 0.15) is 5.75 Å². The first-order valence-electron chi connectivity index (χ1n) is 6.62. The molecule has 0 saturated carbocycles. The third-order valence-electron chi connectivity index (χ3n) is 4.37. The van der Waals surface area contributed by atoms with Gasteiger partial charge >= 0.3 is 0 Å². The smallest absolute Gasteiger partial charge is 0.119 e. The van der Waals surface area contributed by atoms with E-state index in [1.54, 1.807) is 6.07 Å². The Kier molecular flexibility index (Phi) is 2.53. The van der Waals surface area contributed by atoms with Gasteiger partial charge in [0.05, 0.1) is 0 Å². The maximum atomic E-state index is 9.86. The summed E-state index contributed by atoms with van der Waals surface area (Å²) < 4.78 is 0. The molecule has 0 aliphatic carbocycles. The van der Waals surface area contributed by atoms with Crippen molar-refractivity contribution in [1.82, 2.24) is 0 Å². The maximum absolute atomic E-state index is 9.86. The summed E-state index contributed by atoms with van der Waals surface area (Å²) in [6.45, 7) is 8.50. The van der Waals surface area contributed by atoms with Crippen molar-refractivity contribution in [3.8, 4) is 5.75 Å². The molecule has 3 aromatic rings. The van der Waals surface area contributed by atoms with Crippen LogP contribution in [0.2, 0.25) is 0 Å². The molecule has 19 heavy (non-hydrogen) atoms. The minimum absolute atomic E-state index is 0.369. The zero-order valence-corrected chi connectivity index (χ0v) is 11.8. The maximum Gasteiger partial charge on any atom is 0.119 e. The van der Waals surface area contributed by atoms with Gasteiger partial charge < -0.3 is 5.11 Å². The molecule has 96 valence electrons. The summed E-state index contributed by atoms with van der Waals surface area (Å²) in [5.74, 6) is 0.369. The van der Waals surface area contributed by atoms with Crippen LogP contribution in [-0.2, 0) is 0 Å². The summed E-state index contributed by atoms with van der Waals surface area (Å²) in [7, 11) is 0. The van der Waals surface area contributed by atoms with Crippen molar-refractivity contribution in [2.24, 2.45) is 0 Å². The first-order valence-corrected chi connectivity index (χ1v) is 6.62. The van der Waals surface area contributed by atoms with Crippen molar-refractivity contribution < 1.29 is 5.11 Å². The Morgan fingerprint density at radius 2 is 1.42 bits per heavy atom. The molecule has 1 N–H and O–H groups in total. The molecule has 3 rings (SSSR count). The minimum Gasteiger partial charge on any atom is -0.508 e. The number of hydrogen-bond acceptors (Lipinski definition) is 1. The number of phenols is 1. The van der Waals surface area contributed by atoms with E-state index in [9.17, 15) is 5.11 Å². The largest absolute Gasteiger partial charge is 0.508 e. The molecule has 3 aromatic carbocycles. The molecule has 0 aromatic heterocycles. The monoisotopic (exact) mass is 250 g/mol. The van der Waals surface area contributed by atoms with E-state index in [-0.39, 0.29) is 0 Å². The summed E-state index contributed by atoms with van der Waals surface area (Å²) in [6.07, 6.45) is 0. The Labute approximate surface area is 113 Å². The van der Waals surface area contributed by atoms with Crippen molar-refractivity contribution in [3.63, 3.8) is 0 Å². The molecule has 1 nitrogen and oxygen atoms in total. The SMILES string of the molecule is Cc1cc2ccc3c(C)c(O)ccc3c2c(C)c1C. The summed E-state index contributed by atoms with van der Waals surface area (Å²) in [6, 6.07) is 10.3. The van der Waals surface area contributed by atoms with Crippen LogP contribution in [0.3, 0.4) is 0 Å². The van der Waals surface area contributed by atoms with Gasteiger partial charge in [-0.25, -0.2) is 0 Å². The second kappa shape index (κ2) is 3.99.